The summed E-state index contributed by atoms with van der Waals surface area (Å²) in [5.41, 5.74) is 1.21. The third kappa shape index (κ3) is 4.54. The van der Waals surface area contributed by atoms with E-state index in [-0.39, 0.29) is 18.2 Å². The number of aliphatic hydroxyl groups is 2. The number of anilines is 1. The lowest BCUT2D eigenvalue weighted by atomic mass is 9.67. The second-order valence-corrected chi connectivity index (χ2v) is 9.79. The standard InChI is InChI=1S/C26H33N3O6/c1-2-3-16-12-24(32)34-22-14-18(30)5-7-21(22)26(16)20-6-4-17(13-19(20)25(33)35-26)28-23(31)15-29-10-8-27-9-11-29/h2-4,6,13,18,21-22,24,27,30,32H,1,5,7-12,14-15H2,(H,28,31)/b16-3+. The fourth-order valence-electron chi connectivity index (χ4n) is 6.04. The lowest BCUT2D eigenvalue weighted by Crippen LogP contribution is -2.47. The molecule has 1 amide bonds. The molecule has 5 atom stereocenters. The van der Waals surface area contributed by atoms with Crippen LogP contribution in [0.2, 0.25) is 0 Å². The highest BCUT2D eigenvalue weighted by molar-refractivity contribution is 5.99. The zero-order valence-electron chi connectivity index (χ0n) is 19.7. The summed E-state index contributed by atoms with van der Waals surface area (Å²) in [6, 6.07) is 5.29. The monoisotopic (exact) mass is 483 g/mol. The quantitative estimate of drug-likeness (QED) is 0.473. The van der Waals surface area contributed by atoms with Crippen LogP contribution in [0.3, 0.4) is 0 Å². The number of amides is 1. The van der Waals surface area contributed by atoms with Gasteiger partial charge in [0.05, 0.1) is 24.3 Å². The molecular weight excluding hydrogens is 450 g/mol. The van der Waals surface area contributed by atoms with E-state index in [0.29, 0.717) is 48.2 Å². The molecule has 3 heterocycles. The Balaban J connectivity index is 1.47. The fraction of sp³-hybridized carbons (Fsp3) is 0.538. The second-order valence-electron chi connectivity index (χ2n) is 9.79. The number of fused-ring (bicyclic) bond motifs is 4. The average molecular weight is 484 g/mol. The first-order chi connectivity index (χ1) is 16.9. The van der Waals surface area contributed by atoms with Crippen molar-refractivity contribution in [3.63, 3.8) is 0 Å². The van der Waals surface area contributed by atoms with Crippen molar-refractivity contribution in [2.24, 2.45) is 5.92 Å². The number of nitrogens with zero attached hydrogens (tertiary/aromatic N) is 1. The molecule has 0 radical (unpaired) electrons. The van der Waals surface area contributed by atoms with E-state index in [0.717, 1.165) is 26.2 Å². The van der Waals surface area contributed by atoms with Crippen LogP contribution >= 0.6 is 0 Å². The van der Waals surface area contributed by atoms with Crippen LogP contribution in [0.4, 0.5) is 5.69 Å². The summed E-state index contributed by atoms with van der Waals surface area (Å²) in [7, 11) is 0. The summed E-state index contributed by atoms with van der Waals surface area (Å²) >= 11 is 0. The largest absolute Gasteiger partial charge is 0.446 e. The maximum atomic E-state index is 13.2. The predicted octanol–water partition coefficient (Wildman–Crippen LogP) is 1.28. The number of hydrogen-bond acceptors (Lipinski definition) is 8. The van der Waals surface area contributed by atoms with E-state index < -0.39 is 30.1 Å². The Kier molecular flexibility index (Phi) is 6.78. The number of benzene rings is 1. The molecule has 5 rings (SSSR count). The molecule has 1 spiro atoms. The van der Waals surface area contributed by atoms with E-state index in [1.54, 1.807) is 24.3 Å². The maximum absolute atomic E-state index is 13.2. The van der Waals surface area contributed by atoms with Crippen LogP contribution in [0.5, 0.6) is 0 Å². The van der Waals surface area contributed by atoms with Crippen LogP contribution in [0.15, 0.2) is 42.5 Å². The van der Waals surface area contributed by atoms with Crippen LogP contribution in [0, 0.1) is 5.92 Å². The van der Waals surface area contributed by atoms with Gasteiger partial charge in [0, 0.05) is 56.2 Å². The van der Waals surface area contributed by atoms with Gasteiger partial charge in [-0.05, 0) is 30.5 Å². The Morgan fingerprint density at radius 1 is 1.29 bits per heavy atom. The minimum atomic E-state index is -1.12. The minimum absolute atomic E-state index is 0.132. The van der Waals surface area contributed by atoms with E-state index in [9.17, 15) is 19.8 Å². The number of piperazine rings is 1. The zero-order chi connectivity index (χ0) is 24.6. The molecule has 1 aromatic carbocycles. The Labute approximate surface area is 204 Å². The van der Waals surface area contributed by atoms with Crippen molar-refractivity contribution in [2.75, 3.05) is 38.0 Å². The van der Waals surface area contributed by atoms with Gasteiger partial charge in [-0.2, -0.15) is 0 Å². The summed E-state index contributed by atoms with van der Waals surface area (Å²) in [5, 5.41) is 27.0. The molecule has 3 fully saturated rings. The molecular formula is C26H33N3O6. The van der Waals surface area contributed by atoms with E-state index in [1.165, 1.54) is 0 Å². The highest BCUT2D eigenvalue weighted by Gasteiger charge is 2.58. The van der Waals surface area contributed by atoms with Gasteiger partial charge >= 0.3 is 5.97 Å². The number of allylic oxidation sites excluding steroid dienone is 2. The van der Waals surface area contributed by atoms with Crippen molar-refractivity contribution in [3.8, 4) is 0 Å². The van der Waals surface area contributed by atoms with Crippen LogP contribution in [0.25, 0.3) is 0 Å². The Morgan fingerprint density at radius 3 is 2.86 bits per heavy atom. The summed E-state index contributed by atoms with van der Waals surface area (Å²) < 4.78 is 12.1. The normalized spacial score (nSPS) is 34.1. The lowest BCUT2D eigenvalue weighted by Gasteiger charge is -2.43. The van der Waals surface area contributed by atoms with Crippen LogP contribution < -0.4 is 10.6 Å². The molecule has 35 heavy (non-hydrogen) atoms. The average Bonchev–Trinajstić information content (AvgIpc) is 3.05. The van der Waals surface area contributed by atoms with Crippen molar-refractivity contribution in [2.45, 2.75) is 49.8 Å². The number of nitrogens with one attached hydrogen (secondary N) is 2. The molecule has 0 aromatic heterocycles. The van der Waals surface area contributed by atoms with Gasteiger partial charge in [0.25, 0.3) is 0 Å². The van der Waals surface area contributed by atoms with Gasteiger partial charge in [0.1, 0.15) is 0 Å². The summed E-state index contributed by atoms with van der Waals surface area (Å²) in [6.07, 6.45) is 2.97. The van der Waals surface area contributed by atoms with Crippen molar-refractivity contribution >= 4 is 17.6 Å². The first kappa shape index (κ1) is 24.1. The molecule has 4 N–H and O–H groups in total. The first-order valence-corrected chi connectivity index (χ1v) is 12.3. The van der Waals surface area contributed by atoms with Crippen LogP contribution in [-0.2, 0) is 19.9 Å². The molecule has 1 aromatic rings. The van der Waals surface area contributed by atoms with E-state index in [4.69, 9.17) is 9.47 Å². The highest BCUT2D eigenvalue weighted by atomic mass is 16.6. The Bertz CT molecular complexity index is 1040. The van der Waals surface area contributed by atoms with Crippen molar-refractivity contribution < 1.29 is 29.3 Å². The third-order valence-electron chi connectivity index (χ3n) is 7.56. The van der Waals surface area contributed by atoms with Gasteiger partial charge in [-0.25, -0.2) is 4.79 Å². The molecule has 1 saturated carbocycles. The van der Waals surface area contributed by atoms with Gasteiger partial charge in [0.2, 0.25) is 5.91 Å². The van der Waals surface area contributed by atoms with E-state index in [2.05, 4.69) is 22.1 Å². The second kappa shape index (κ2) is 9.83. The molecule has 3 aliphatic heterocycles. The minimum Gasteiger partial charge on any atom is -0.446 e. The molecule has 4 aliphatic rings. The number of carbonyl (C=O) groups excluding carboxylic acids is 2. The molecule has 2 saturated heterocycles. The van der Waals surface area contributed by atoms with E-state index >= 15 is 0 Å². The number of hydrogen-bond donors (Lipinski definition) is 4. The highest BCUT2D eigenvalue weighted by Crippen LogP contribution is 2.55. The zero-order valence-corrected chi connectivity index (χ0v) is 19.7. The Hall–Kier alpha value is -2.56. The summed E-state index contributed by atoms with van der Waals surface area (Å²) in [5.74, 6) is -0.880. The molecule has 5 unspecified atom stereocenters. The molecule has 1 aliphatic carbocycles. The first-order valence-electron chi connectivity index (χ1n) is 12.3. The fourth-order valence-corrected chi connectivity index (χ4v) is 6.04. The topological polar surface area (TPSA) is 120 Å². The number of rotatable bonds is 4. The Morgan fingerprint density at radius 2 is 2.09 bits per heavy atom. The number of ether oxygens (including phenoxy) is 2. The SMILES string of the molecule is C=C/C=C1\CC(O)OC2CC(O)CCC2C12OC(=O)c1cc(NC(=O)CN3CCNCC3)ccc12. The van der Waals surface area contributed by atoms with Crippen molar-refractivity contribution in [1.29, 1.82) is 0 Å². The van der Waals surface area contributed by atoms with E-state index in [1.807, 2.05) is 6.07 Å². The van der Waals surface area contributed by atoms with Gasteiger partial charge in [0.15, 0.2) is 11.9 Å². The third-order valence-corrected chi connectivity index (χ3v) is 7.56. The molecule has 9 heteroatoms. The van der Waals surface area contributed by atoms with Gasteiger partial charge in [-0.15, -0.1) is 0 Å². The van der Waals surface area contributed by atoms with Crippen LogP contribution in [-0.4, -0.2) is 78.2 Å². The van der Waals surface area contributed by atoms with Gasteiger partial charge in [-0.1, -0.05) is 24.8 Å². The number of carbonyl (C=O) groups is 2. The van der Waals surface area contributed by atoms with Crippen molar-refractivity contribution in [1.82, 2.24) is 10.2 Å². The summed E-state index contributed by atoms with van der Waals surface area (Å²) in [6.45, 7) is 7.46. The molecule has 0 bridgehead atoms. The van der Waals surface area contributed by atoms with Crippen molar-refractivity contribution in [3.05, 3.63) is 53.6 Å². The lowest BCUT2D eigenvalue weighted by molar-refractivity contribution is -0.174. The number of aliphatic hydroxyl groups excluding tert-OH is 2. The smallest absolute Gasteiger partial charge is 0.339 e. The maximum Gasteiger partial charge on any atom is 0.339 e. The van der Waals surface area contributed by atoms with Gasteiger partial charge < -0.3 is 30.3 Å². The van der Waals surface area contributed by atoms with Gasteiger partial charge in [-0.3, -0.25) is 9.69 Å². The molecule has 188 valence electrons. The molecule has 9 nitrogen and oxygen atoms in total. The predicted molar refractivity (Wildman–Crippen MR) is 129 cm³/mol. The van der Waals surface area contributed by atoms with Crippen LogP contribution in [0.1, 0.15) is 41.6 Å². The number of esters is 1. The summed E-state index contributed by atoms with van der Waals surface area (Å²) in [4.78, 5) is 27.9.